The number of nitro groups is 1. The first-order chi connectivity index (χ1) is 9.61. The molecule has 0 saturated carbocycles. The van der Waals surface area contributed by atoms with E-state index in [2.05, 4.69) is 21.2 Å². The molecule has 0 aliphatic heterocycles. The van der Waals surface area contributed by atoms with Crippen molar-refractivity contribution < 1.29 is 4.92 Å². The summed E-state index contributed by atoms with van der Waals surface area (Å²) < 4.78 is 0.706. The highest BCUT2D eigenvalue weighted by Gasteiger charge is 2.16. The fourth-order valence-electron chi connectivity index (χ4n) is 1.78. The second-order valence-electron chi connectivity index (χ2n) is 4.11. The van der Waals surface area contributed by atoms with Crippen molar-refractivity contribution in [3.05, 3.63) is 62.6 Å². The van der Waals surface area contributed by atoms with Gasteiger partial charge in [0.05, 0.1) is 9.82 Å². The molecule has 104 valence electrons. The fourth-order valence-corrected chi connectivity index (χ4v) is 3.16. The third kappa shape index (κ3) is 3.59. The van der Waals surface area contributed by atoms with Gasteiger partial charge in [0.25, 0.3) is 5.69 Å². The second-order valence-corrected chi connectivity index (χ2v) is 6.11. The third-order valence-electron chi connectivity index (χ3n) is 2.68. The molecule has 2 aromatic carbocycles. The van der Waals surface area contributed by atoms with E-state index in [0.717, 1.165) is 17.0 Å². The molecule has 0 amide bonds. The largest absolute Gasteiger partial charge is 0.316 e. The molecule has 0 heterocycles. The van der Waals surface area contributed by atoms with Crippen LogP contribution in [0.25, 0.3) is 0 Å². The number of nitrogens with zero attached hydrogens (tertiary/aromatic N) is 1. The average molecular weight is 353 g/mol. The van der Waals surface area contributed by atoms with Crippen molar-refractivity contribution in [3.63, 3.8) is 0 Å². The lowest BCUT2D eigenvalue weighted by Gasteiger charge is -2.09. The van der Waals surface area contributed by atoms with Gasteiger partial charge in [0, 0.05) is 22.0 Å². The van der Waals surface area contributed by atoms with Crippen molar-refractivity contribution in [3.8, 4) is 0 Å². The van der Waals surface area contributed by atoms with Crippen molar-refractivity contribution in [1.29, 1.82) is 0 Å². The summed E-state index contributed by atoms with van der Waals surface area (Å²) in [5, 5.41) is 14.2. The number of halogens is 1. The van der Waals surface area contributed by atoms with Crippen molar-refractivity contribution in [2.75, 3.05) is 7.05 Å². The predicted molar refractivity (Wildman–Crippen MR) is 84.1 cm³/mol. The van der Waals surface area contributed by atoms with Crippen LogP contribution in [0, 0.1) is 10.1 Å². The molecular formula is C14H13BrN2O2S. The van der Waals surface area contributed by atoms with Crippen molar-refractivity contribution >= 4 is 33.4 Å². The predicted octanol–water partition coefficient (Wildman–Crippen LogP) is 4.23. The molecule has 2 aromatic rings. The van der Waals surface area contributed by atoms with Gasteiger partial charge in [-0.05, 0) is 30.8 Å². The number of benzene rings is 2. The zero-order valence-electron chi connectivity index (χ0n) is 10.8. The van der Waals surface area contributed by atoms with Gasteiger partial charge in [-0.25, -0.2) is 0 Å². The highest BCUT2D eigenvalue weighted by Crippen LogP contribution is 2.37. The maximum atomic E-state index is 11.1. The molecule has 0 aliphatic carbocycles. The lowest BCUT2D eigenvalue weighted by atomic mass is 10.2. The summed E-state index contributed by atoms with van der Waals surface area (Å²) in [6, 6.07) is 13.0. The van der Waals surface area contributed by atoms with Crippen LogP contribution in [-0.2, 0) is 6.54 Å². The van der Waals surface area contributed by atoms with Gasteiger partial charge < -0.3 is 5.32 Å². The van der Waals surface area contributed by atoms with Crippen LogP contribution >= 0.6 is 27.7 Å². The molecular weight excluding hydrogens is 340 g/mol. The van der Waals surface area contributed by atoms with Crippen LogP contribution in [-0.4, -0.2) is 12.0 Å². The Hall–Kier alpha value is -1.37. The van der Waals surface area contributed by atoms with Gasteiger partial charge in [0.1, 0.15) is 0 Å². The van der Waals surface area contributed by atoms with Crippen LogP contribution in [0.2, 0.25) is 0 Å². The van der Waals surface area contributed by atoms with E-state index in [4.69, 9.17) is 0 Å². The molecule has 6 heteroatoms. The quantitative estimate of drug-likeness (QED) is 0.646. The standard InChI is InChI=1S/C14H13BrN2O2S/c1-16-9-10-4-2-3-5-13(10)20-14-7-6-11(15)8-12(14)17(18)19/h2-8,16H,9H2,1H3. The maximum absolute atomic E-state index is 11.1. The molecule has 1 N–H and O–H groups in total. The van der Waals surface area contributed by atoms with Gasteiger partial charge in [-0.15, -0.1) is 0 Å². The zero-order chi connectivity index (χ0) is 14.5. The summed E-state index contributed by atoms with van der Waals surface area (Å²) in [6.45, 7) is 0.730. The van der Waals surface area contributed by atoms with Gasteiger partial charge in [-0.1, -0.05) is 45.9 Å². The minimum Gasteiger partial charge on any atom is -0.316 e. The minimum atomic E-state index is -0.353. The van der Waals surface area contributed by atoms with E-state index < -0.39 is 0 Å². The van der Waals surface area contributed by atoms with Crippen LogP contribution < -0.4 is 5.32 Å². The SMILES string of the molecule is CNCc1ccccc1Sc1ccc(Br)cc1[N+](=O)[O-]. The van der Waals surface area contributed by atoms with Crippen LogP contribution in [0.3, 0.4) is 0 Å². The van der Waals surface area contributed by atoms with E-state index in [-0.39, 0.29) is 10.6 Å². The highest BCUT2D eigenvalue weighted by atomic mass is 79.9. The lowest BCUT2D eigenvalue weighted by Crippen LogP contribution is -2.05. The summed E-state index contributed by atoms with van der Waals surface area (Å²) >= 11 is 4.68. The summed E-state index contributed by atoms with van der Waals surface area (Å²) in [6.07, 6.45) is 0. The number of hydrogen-bond donors (Lipinski definition) is 1. The molecule has 0 unspecified atom stereocenters. The fraction of sp³-hybridized carbons (Fsp3) is 0.143. The lowest BCUT2D eigenvalue weighted by molar-refractivity contribution is -0.387. The van der Waals surface area contributed by atoms with E-state index in [0.29, 0.717) is 9.37 Å². The van der Waals surface area contributed by atoms with Gasteiger partial charge in [0.2, 0.25) is 0 Å². The Bertz CT molecular complexity index is 634. The topological polar surface area (TPSA) is 55.2 Å². The molecule has 0 radical (unpaired) electrons. The van der Waals surface area contributed by atoms with Gasteiger partial charge in [-0.3, -0.25) is 10.1 Å². The zero-order valence-corrected chi connectivity index (χ0v) is 13.2. The molecule has 2 rings (SSSR count). The summed E-state index contributed by atoms with van der Waals surface area (Å²) in [5.74, 6) is 0. The van der Waals surface area contributed by atoms with E-state index >= 15 is 0 Å². The van der Waals surface area contributed by atoms with E-state index in [1.165, 1.54) is 17.8 Å². The van der Waals surface area contributed by atoms with E-state index in [9.17, 15) is 10.1 Å². The first-order valence-corrected chi connectivity index (χ1v) is 7.57. The third-order valence-corrected chi connectivity index (χ3v) is 4.35. The Balaban J connectivity index is 2.37. The van der Waals surface area contributed by atoms with Crippen molar-refractivity contribution in [2.24, 2.45) is 0 Å². The molecule has 0 saturated heterocycles. The summed E-state index contributed by atoms with van der Waals surface area (Å²) in [5.41, 5.74) is 1.24. The van der Waals surface area contributed by atoms with Crippen LogP contribution in [0.15, 0.2) is 56.7 Å². The van der Waals surface area contributed by atoms with Crippen molar-refractivity contribution in [2.45, 2.75) is 16.3 Å². The molecule has 0 spiro atoms. The van der Waals surface area contributed by atoms with Gasteiger partial charge in [0.15, 0.2) is 0 Å². The molecule has 0 aliphatic rings. The minimum absolute atomic E-state index is 0.114. The Morgan fingerprint density at radius 1 is 1.25 bits per heavy atom. The van der Waals surface area contributed by atoms with Gasteiger partial charge >= 0.3 is 0 Å². The van der Waals surface area contributed by atoms with Crippen LogP contribution in [0.5, 0.6) is 0 Å². The molecule has 0 atom stereocenters. The second kappa shape index (κ2) is 6.88. The highest BCUT2D eigenvalue weighted by molar-refractivity contribution is 9.10. The van der Waals surface area contributed by atoms with Crippen molar-refractivity contribution in [1.82, 2.24) is 5.32 Å². The normalized spacial score (nSPS) is 10.5. The Labute approximate surface area is 129 Å². The number of nitrogens with one attached hydrogen (secondary N) is 1. The van der Waals surface area contributed by atoms with Gasteiger partial charge in [-0.2, -0.15) is 0 Å². The van der Waals surface area contributed by atoms with Crippen LogP contribution in [0.4, 0.5) is 5.69 Å². The van der Waals surface area contributed by atoms with E-state index in [1.54, 1.807) is 6.07 Å². The Morgan fingerprint density at radius 2 is 2.00 bits per heavy atom. The Kier molecular flexibility index (Phi) is 5.17. The molecule has 0 aromatic heterocycles. The smallest absolute Gasteiger partial charge is 0.284 e. The first kappa shape index (κ1) is 15.0. The molecule has 0 fully saturated rings. The average Bonchev–Trinajstić information content (AvgIpc) is 2.43. The van der Waals surface area contributed by atoms with Crippen LogP contribution in [0.1, 0.15) is 5.56 Å². The maximum Gasteiger partial charge on any atom is 0.284 e. The number of nitro benzene ring substituents is 1. The Morgan fingerprint density at radius 3 is 2.70 bits per heavy atom. The monoisotopic (exact) mass is 352 g/mol. The first-order valence-electron chi connectivity index (χ1n) is 5.96. The summed E-state index contributed by atoms with van der Waals surface area (Å²) in [4.78, 5) is 12.4. The molecule has 4 nitrogen and oxygen atoms in total. The molecule has 0 bridgehead atoms. The number of rotatable bonds is 5. The number of hydrogen-bond acceptors (Lipinski definition) is 4. The molecule has 20 heavy (non-hydrogen) atoms. The summed E-state index contributed by atoms with van der Waals surface area (Å²) in [7, 11) is 1.88. The van der Waals surface area contributed by atoms with E-state index in [1.807, 2.05) is 37.4 Å².